The van der Waals surface area contributed by atoms with E-state index in [0.717, 1.165) is 12.4 Å². The van der Waals surface area contributed by atoms with Crippen LogP contribution in [0.5, 0.6) is 5.75 Å². The van der Waals surface area contributed by atoms with Crippen molar-refractivity contribution in [3.8, 4) is 28.3 Å². The lowest BCUT2D eigenvalue weighted by Crippen LogP contribution is -2.02. The van der Waals surface area contributed by atoms with Crippen LogP contribution in [0.4, 0.5) is 14.6 Å². The minimum atomic E-state index is -0.893. The van der Waals surface area contributed by atoms with E-state index in [-0.39, 0.29) is 33.5 Å². The summed E-state index contributed by atoms with van der Waals surface area (Å²) < 4.78 is 28.1. The maximum atomic E-state index is 14.0. The average molecular weight is 335 g/mol. The number of phenolic OH excluding ortho intramolecular Hbond substituents is 1. The minimum Gasteiger partial charge on any atom is -0.506 e. The van der Waals surface area contributed by atoms with Crippen molar-refractivity contribution in [3.63, 3.8) is 0 Å². The second-order valence-electron chi connectivity index (χ2n) is 4.64. The number of hydrogen-bond donors (Lipinski definition) is 2. The number of aromatic hydroxyl groups is 1. The quantitative estimate of drug-likeness (QED) is 0.750. The predicted molar refractivity (Wildman–Crippen MR) is 81.7 cm³/mol. The fourth-order valence-corrected chi connectivity index (χ4v) is 2.26. The summed E-state index contributed by atoms with van der Waals surface area (Å²) in [6.07, 6.45) is 3.00. The molecule has 0 aliphatic rings. The van der Waals surface area contributed by atoms with Gasteiger partial charge in [-0.2, -0.15) is 0 Å². The first-order valence-electron chi connectivity index (χ1n) is 6.38. The summed E-state index contributed by atoms with van der Waals surface area (Å²) in [5.74, 6) is -1.90. The lowest BCUT2D eigenvalue weighted by atomic mass is 10.0. The van der Waals surface area contributed by atoms with E-state index in [9.17, 15) is 13.9 Å². The number of hydrogen-bond acceptors (Lipinski definition) is 5. The van der Waals surface area contributed by atoms with Crippen LogP contribution in [0.2, 0.25) is 5.02 Å². The lowest BCUT2D eigenvalue weighted by Gasteiger charge is -2.11. The summed E-state index contributed by atoms with van der Waals surface area (Å²) in [6, 6.07) is 4.26. The molecule has 2 aromatic heterocycles. The fourth-order valence-electron chi connectivity index (χ4n) is 2.08. The summed E-state index contributed by atoms with van der Waals surface area (Å²) >= 11 is 5.87. The Balaban J connectivity index is 2.29. The zero-order valence-corrected chi connectivity index (χ0v) is 12.2. The number of phenols is 1. The van der Waals surface area contributed by atoms with Crippen molar-refractivity contribution in [2.75, 3.05) is 5.73 Å². The normalized spacial score (nSPS) is 10.7. The Labute approximate surface area is 134 Å². The van der Waals surface area contributed by atoms with Crippen LogP contribution in [0, 0.1) is 11.6 Å². The van der Waals surface area contributed by atoms with E-state index < -0.39 is 11.6 Å². The molecule has 0 fully saturated rings. The highest BCUT2D eigenvalue weighted by Gasteiger charge is 2.20. The molecule has 23 heavy (non-hydrogen) atoms. The van der Waals surface area contributed by atoms with E-state index in [2.05, 4.69) is 15.0 Å². The molecule has 0 radical (unpaired) electrons. The molecule has 0 aliphatic carbocycles. The van der Waals surface area contributed by atoms with E-state index in [1.54, 1.807) is 0 Å². The smallest absolute Gasteiger partial charge is 0.153 e. The number of aromatic nitrogens is 3. The van der Waals surface area contributed by atoms with Crippen LogP contribution >= 0.6 is 11.6 Å². The molecule has 0 atom stereocenters. The molecule has 0 unspecified atom stereocenters. The molecule has 116 valence electrons. The number of pyridine rings is 1. The van der Waals surface area contributed by atoms with Gasteiger partial charge in [0.2, 0.25) is 0 Å². The van der Waals surface area contributed by atoms with E-state index in [1.807, 2.05) is 0 Å². The third-order valence-electron chi connectivity index (χ3n) is 3.10. The largest absolute Gasteiger partial charge is 0.506 e. The van der Waals surface area contributed by atoms with E-state index in [4.69, 9.17) is 17.3 Å². The van der Waals surface area contributed by atoms with Gasteiger partial charge < -0.3 is 10.8 Å². The molecule has 1 aromatic carbocycles. The van der Waals surface area contributed by atoms with Gasteiger partial charge in [0.05, 0.1) is 34.9 Å². The molecular weight excluding hydrogens is 326 g/mol. The Morgan fingerprint density at radius 3 is 2.39 bits per heavy atom. The number of benzene rings is 1. The molecule has 2 heterocycles. The number of rotatable bonds is 2. The third-order valence-corrected chi connectivity index (χ3v) is 3.41. The molecule has 3 rings (SSSR count). The topological polar surface area (TPSA) is 84.9 Å². The number of nitrogens with two attached hydrogens (primary N) is 1. The van der Waals surface area contributed by atoms with Crippen LogP contribution in [-0.2, 0) is 0 Å². The standard InChI is InChI=1S/C15H9ClF2N4O/c16-8-3-7(1-2-11(8)23)14-15(22-12(19)6-21-14)13-9(17)4-20-5-10(13)18/h1-6,23H,(H2,19,22). The third kappa shape index (κ3) is 2.78. The molecule has 3 aromatic rings. The second kappa shape index (κ2) is 5.77. The highest BCUT2D eigenvalue weighted by atomic mass is 35.5. The van der Waals surface area contributed by atoms with Gasteiger partial charge in [0.25, 0.3) is 0 Å². The Kier molecular flexibility index (Phi) is 3.79. The first-order chi connectivity index (χ1) is 11.0. The molecular formula is C15H9ClF2N4O. The number of nitrogen functional groups attached to an aromatic ring is 1. The molecule has 5 nitrogen and oxygen atoms in total. The van der Waals surface area contributed by atoms with Gasteiger partial charge in [-0.1, -0.05) is 11.6 Å². The van der Waals surface area contributed by atoms with E-state index in [1.165, 1.54) is 24.4 Å². The van der Waals surface area contributed by atoms with Crippen LogP contribution < -0.4 is 5.73 Å². The van der Waals surface area contributed by atoms with Crippen LogP contribution in [0.25, 0.3) is 22.5 Å². The van der Waals surface area contributed by atoms with Crippen molar-refractivity contribution in [3.05, 3.63) is 53.4 Å². The monoisotopic (exact) mass is 334 g/mol. The van der Waals surface area contributed by atoms with Crippen molar-refractivity contribution in [1.82, 2.24) is 15.0 Å². The van der Waals surface area contributed by atoms with Crippen molar-refractivity contribution in [2.24, 2.45) is 0 Å². The molecule has 3 N–H and O–H groups in total. The SMILES string of the molecule is Nc1cnc(-c2ccc(O)c(Cl)c2)c(-c2c(F)cncc2F)n1. The van der Waals surface area contributed by atoms with Crippen LogP contribution in [0.15, 0.2) is 36.8 Å². The number of anilines is 1. The highest BCUT2D eigenvalue weighted by Crippen LogP contribution is 2.35. The Hall–Kier alpha value is -2.80. The molecule has 0 spiro atoms. The fraction of sp³-hybridized carbons (Fsp3) is 0. The average Bonchev–Trinajstić information content (AvgIpc) is 2.50. The Bertz CT molecular complexity index is 884. The van der Waals surface area contributed by atoms with Crippen LogP contribution in [0.3, 0.4) is 0 Å². The van der Waals surface area contributed by atoms with E-state index >= 15 is 0 Å². The Morgan fingerprint density at radius 1 is 1.04 bits per heavy atom. The van der Waals surface area contributed by atoms with Gasteiger partial charge >= 0.3 is 0 Å². The van der Waals surface area contributed by atoms with Crippen molar-refractivity contribution < 1.29 is 13.9 Å². The molecule has 0 bridgehead atoms. The first-order valence-corrected chi connectivity index (χ1v) is 6.76. The summed E-state index contributed by atoms with van der Waals surface area (Å²) in [6.45, 7) is 0. The minimum absolute atomic E-state index is 0.00392. The maximum Gasteiger partial charge on any atom is 0.153 e. The molecule has 0 aliphatic heterocycles. The highest BCUT2D eigenvalue weighted by molar-refractivity contribution is 6.32. The van der Waals surface area contributed by atoms with Gasteiger partial charge in [0.1, 0.15) is 17.3 Å². The van der Waals surface area contributed by atoms with Crippen LogP contribution in [0.1, 0.15) is 0 Å². The van der Waals surface area contributed by atoms with E-state index in [0.29, 0.717) is 5.56 Å². The number of halogens is 3. The zero-order chi connectivity index (χ0) is 16.6. The van der Waals surface area contributed by atoms with Gasteiger partial charge in [0, 0.05) is 5.56 Å². The molecule has 0 amide bonds. The summed E-state index contributed by atoms with van der Waals surface area (Å²) in [5, 5.41) is 9.57. The van der Waals surface area contributed by atoms with Gasteiger partial charge in [-0.05, 0) is 18.2 Å². The van der Waals surface area contributed by atoms with Gasteiger partial charge in [-0.3, -0.25) is 9.97 Å². The first kappa shape index (κ1) is 15.1. The number of nitrogens with zero attached hydrogens (tertiary/aromatic N) is 3. The predicted octanol–water partition coefficient (Wildman–Crippen LogP) is 3.43. The molecule has 0 saturated carbocycles. The van der Waals surface area contributed by atoms with Crippen molar-refractivity contribution >= 4 is 17.4 Å². The summed E-state index contributed by atoms with van der Waals surface area (Å²) in [7, 11) is 0. The van der Waals surface area contributed by atoms with Crippen molar-refractivity contribution in [2.45, 2.75) is 0 Å². The van der Waals surface area contributed by atoms with Gasteiger partial charge in [0.15, 0.2) is 11.6 Å². The van der Waals surface area contributed by atoms with Crippen LogP contribution in [-0.4, -0.2) is 20.1 Å². The second-order valence-corrected chi connectivity index (χ2v) is 5.04. The van der Waals surface area contributed by atoms with Gasteiger partial charge in [-0.25, -0.2) is 13.8 Å². The maximum absolute atomic E-state index is 14.0. The van der Waals surface area contributed by atoms with Crippen molar-refractivity contribution in [1.29, 1.82) is 0 Å². The summed E-state index contributed by atoms with van der Waals surface area (Å²) in [5.41, 5.74) is 5.72. The molecule has 8 heteroatoms. The Morgan fingerprint density at radius 2 is 1.74 bits per heavy atom. The molecule has 0 saturated heterocycles. The summed E-state index contributed by atoms with van der Waals surface area (Å²) in [4.78, 5) is 11.5. The zero-order valence-electron chi connectivity index (χ0n) is 11.5. The lowest BCUT2D eigenvalue weighted by molar-refractivity contribution is 0.475. The van der Waals surface area contributed by atoms with Gasteiger partial charge in [-0.15, -0.1) is 0 Å².